The molecular weight excluding hydrogens is 352 g/mol. The summed E-state index contributed by atoms with van der Waals surface area (Å²) in [6.45, 7) is 7.26. The van der Waals surface area contributed by atoms with Crippen molar-refractivity contribution < 1.29 is 14.7 Å². The van der Waals surface area contributed by atoms with Crippen LogP contribution in [0.5, 0.6) is 0 Å². The monoisotopic (exact) mass is 380 g/mol. The Morgan fingerprint density at radius 1 is 1.22 bits per heavy atom. The SMILES string of the molecule is Nc1ncnc(N2CCN(C(N)O)CC2)c1/C=N/OCCN1CCOCC1. The number of morpholine rings is 1. The number of anilines is 2. The standard InChI is InChI=1S/C16H28N8O3/c17-14-13(11-21-27-10-7-22-5-8-26-9-6-22)15(20-12-19-14)23-1-3-24(4-2-23)16(18)25/h11-12,16,25H,1-10,18H2,(H2,17,19,20)/b21-11+. The Bertz CT molecular complexity index is 616. The highest BCUT2D eigenvalue weighted by Gasteiger charge is 2.23. The van der Waals surface area contributed by atoms with Crippen molar-refractivity contribution >= 4 is 17.9 Å². The molecular formula is C16H28N8O3. The normalized spacial score (nSPS) is 20.9. The lowest BCUT2D eigenvalue weighted by Crippen LogP contribution is -2.53. The van der Waals surface area contributed by atoms with Crippen molar-refractivity contribution in [3.05, 3.63) is 11.9 Å². The number of aliphatic hydroxyl groups is 1. The fourth-order valence-electron chi connectivity index (χ4n) is 3.11. The lowest BCUT2D eigenvalue weighted by molar-refractivity contribution is 0.00560. The van der Waals surface area contributed by atoms with Crippen LogP contribution < -0.4 is 16.4 Å². The number of aromatic nitrogens is 2. The van der Waals surface area contributed by atoms with E-state index in [0.717, 1.165) is 32.8 Å². The van der Waals surface area contributed by atoms with Gasteiger partial charge in [0.25, 0.3) is 0 Å². The number of rotatable bonds is 7. The number of nitrogens with zero attached hydrogens (tertiary/aromatic N) is 6. The van der Waals surface area contributed by atoms with Crippen LogP contribution >= 0.6 is 0 Å². The van der Waals surface area contributed by atoms with Crippen LogP contribution in [-0.4, -0.2) is 103 Å². The molecule has 150 valence electrons. The molecule has 2 aliphatic heterocycles. The molecule has 2 fully saturated rings. The van der Waals surface area contributed by atoms with Crippen LogP contribution in [0.4, 0.5) is 11.6 Å². The Labute approximate surface area is 158 Å². The minimum atomic E-state index is -0.941. The minimum absolute atomic E-state index is 0.349. The number of piperazine rings is 1. The average Bonchev–Trinajstić information content (AvgIpc) is 2.69. The third-order valence-corrected chi connectivity index (χ3v) is 4.74. The quantitative estimate of drug-likeness (QED) is 0.213. The molecule has 2 aliphatic rings. The van der Waals surface area contributed by atoms with Gasteiger partial charge in [-0.1, -0.05) is 5.16 Å². The summed E-state index contributed by atoms with van der Waals surface area (Å²) >= 11 is 0. The largest absolute Gasteiger partial charge is 0.394 e. The number of ether oxygens (including phenoxy) is 1. The summed E-state index contributed by atoms with van der Waals surface area (Å²) in [4.78, 5) is 19.9. The van der Waals surface area contributed by atoms with Gasteiger partial charge in [0.1, 0.15) is 24.6 Å². The van der Waals surface area contributed by atoms with Crippen LogP contribution in [-0.2, 0) is 9.57 Å². The van der Waals surface area contributed by atoms with E-state index in [9.17, 15) is 5.11 Å². The smallest absolute Gasteiger partial charge is 0.160 e. The number of nitrogens with two attached hydrogens (primary N) is 2. The van der Waals surface area contributed by atoms with Gasteiger partial charge in [-0.2, -0.15) is 0 Å². The summed E-state index contributed by atoms with van der Waals surface area (Å²) in [6, 6.07) is 0. The number of oxime groups is 1. The second-order valence-electron chi connectivity index (χ2n) is 6.45. The Morgan fingerprint density at radius 3 is 2.67 bits per heavy atom. The van der Waals surface area contributed by atoms with Gasteiger partial charge < -0.3 is 25.3 Å². The second-order valence-corrected chi connectivity index (χ2v) is 6.45. The Hall–Kier alpha value is -2.05. The van der Waals surface area contributed by atoms with E-state index in [1.807, 2.05) is 0 Å². The molecule has 0 spiro atoms. The molecule has 2 saturated heterocycles. The highest BCUT2D eigenvalue weighted by atomic mass is 16.6. The van der Waals surface area contributed by atoms with E-state index in [1.54, 1.807) is 11.1 Å². The molecule has 1 aromatic rings. The molecule has 5 N–H and O–H groups in total. The Morgan fingerprint density at radius 2 is 1.96 bits per heavy atom. The molecule has 0 aliphatic carbocycles. The van der Waals surface area contributed by atoms with E-state index in [-0.39, 0.29) is 0 Å². The fourth-order valence-corrected chi connectivity index (χ4v) is 3.11. The lowest BCUT2D eigenvalue weighted by atomic mass is 10.2. The number of nitrogen functional groups attached to an aromatic ring is 1. The average molecular weight is 380 g/mol. The molecule has 0 radical (unpaired) electrons. The van der Waals surface area contributed by atoms with Crippen molar-refractivity contribution in [3.8, 4) is 0 Å². The van der Waals surface area contributed by atoms with Crippen LogP contribution in [0, 0.1) is 0 Å². The molecule has 3 rings (SSSR count). The maximum atomic E-state index is 9.48. The van der Waals surface area contributed by atoms with Crippen LogP contribution in [0.1, 0.15) is 5.56 Å². The highest BCUT2D eigenvalue weighted by Crippen LogP contribution is 2.21. The molecule has 0 amide bonds. The van der Waals surface area contributed by atoms with Gasteiger partial charge >= 0.3 is 0 Å². The van der Waals surface area contributed by atoms with Gasteiger partial charge in [0, 0.05) is 45.8 Å². The molecule has 1 atom stereocenters. The number of hydrogen-bond acceptors (Lipinski definition) is 11. The second kappa shape index (κ2) is 9.76. The lowest BCUT2D eigenvalue weighted by Gasteiger charge is -2.36. The predicted molar refractivity (Wildman–Crippen MR) is 101 cm³/mol. The van der Waals surface area contributed by atoms with Crippen LogP contribution in [0.3, 0.4) is 0 Å². The summed E-state index contributed by atoms with van der Waals surface area (Å²) in [6.07, 6.45) is 2.06. The molecule has 11 nitrogen and oxygen atoms in total. The zero-order valence-electron chi connectivity index (χ0n) is 15.4. The Kier molecular flexibility index (Phi) is 7.12. The van der Waals surface area contributed by atoms with E-state index in [0.29, 0.717) is 50.0 Å². The highest BCUT2D eigenvalue weighted by molar-refractivity contribution is 5.91. The van der Waals surface area contributed by atoms with Crippen LogP contribution in [0.25, 0.3) is 0 Å². The fraction of sp³-hybridized carbons (Fsp3) is 0.688. The van der Waals surface area contributed by atoms with Gasteiger partial charge in [-0.15, -0.1) is 0 Å². The molecule has 3 heterocycles. The van der Waals surface area contributed by atoms with Gasteiger partial charge in [0.15, 0.2) is 6.35 Å². The van der Waals surface area contributed by atoms with Gasteiger partial charge in [-0.05, 0) is 0 Å². The molecule has 11 heteroatoms. The third-order valence-electron chi connectivity index (χ3n) is 4.74. The first kappa shape index (κ1) is 19.7. The van der Waals surface area contributed by atoms with Crippen LogP contribution in [0.2, 0.25) is 0 Å². The zero-order chi connectivity index (χ0) is 19.1. The van der Waals surface area contributed by atoms with E-state index < -0.39 is 6.35 Å². The van der Waals surface area contributed by atoms with Crippen molar-refractivity contribution in [2.75, 3.05) is 76.3 Å². The van der Waals surface area contributed by atoms with Gasteiger partial charge in [0.05, 0.1) is 25.0 Å². The summed E-state index contributed by atoms with van der Waals surface area (Å²) in [7, 11) is 0. The first-order valence-electron chi connectivity index (χ1n) is 9.13. The maximum absolute atomic E-state index is 9.48. The van der Waals surface area contributed by atoms with Crippen molar-refractivity contribution in [1.82, 2.24) is 19.8 Å². The van der Waals surface area contributed by atoms with E-state index in [1.165, 1.54) is 6.33 Å². The molecule has 0 bridgehead atoms. The van der Waals surface area contributed by atoms with Crippen molar-refractivity contribution in [3.63, 3.8) is 0 Å². The van der Waals surface area contributed by atoms with Crippen LogP contribution in [0.15, 0.2) is 11.5 Å². The van der Waals surface area contributed by atoms with Crippen molar-refractivity contribution in [2.24, 2.45) is 10.9 Å². The van der Waals surface area contributed by atoms with E-state index >= 15 is 0 Å². The maximum Gasteiger partial charge on any atom is 0.160 e. The van der Waals surface area contributed by atoms with Crippen molar-refractivity contribution in [2.45, 2.75) is 6.35 Å². The first-order valence-corrected chi connectivity index (χ1v) is 9.13. The summed E-state index contributed by atoms with van der Waals surface area (Å²) in [5.74, 6) is 1.05. The first-order chi connectivity index (χ1) is 13.1. The zero-order valence-corrected chi connectivity index (χ0v) is 15.4. The molecule has 27 heavy (non-hydrogen) atoms. The minimum Gasteiger partial charge on any atom is -0.394 e. The van der Waals surface area contributed by atoms with E-state index in [2.05, 4.69) is 24.9 Å². The summed E-state index contributed by atoms with van der Waals surface area (Å²) in [5.41, 5.74) is 12.2. The molecule has 0 aromatic carbocycles. The molecule has 1 unspecified atom stereocenters. The number of aliphatic hydroxyl groups excluding tert-OH is 1. The topological polar surface area (TPSA) is 139 Å². The van der Waals surface area contributed by atoms with Gasteiger partial charge in [-0.3, -0.25) is 15.5 Å². The Balaban J connectivity index is 1.55. The third kappa shape index (κ3) is 5.47. The molecule has 0 saturated carbocycles. The van der Waals surface area contributed by atoms with Crippen molar-refractivity contribution in [1.29, 1.82) is 0 Å². The van der Waals surface area contributed by atoms with Gasteiger partial charge in [0.2, 0.25) is 0 Å². The molecule has 1 aromatic heterocycles. The predicted octanol–water partition coefficient (Wildman–Crippen LogP) is -1.90. The van der Waals surface area contributed by atoms with E-state index in [4.69, 9.17) is 21.0 Å². The number of hydrogen-bond donors (Lipinski definition) is 3. The van der Waals surface area contributed by atoms with Gasteiger partial charge in [-0.25, -0.2) is 9.97 Å². The summed E-state index contributed by atoms with van der Waals surface area (Å²) in [5, 5.41) is 13.5. The summed E-state index contributed by atoms with van der Waals surface area (Å²) < 4.78 is 5.32.